The molecule has 5 rings (SSSR count). The van der Waals surface area contributed by atoms with Gasteiger partial charge in [-0.2, -0.15) is 4.98 Å². The number of nitrogens with one attached hydrogen (secondary N) is 1. The summed E-state index contributed by atoms with van der Waals surface area (Å²) in [5.41, 5.74) is 1.51. The van der Waals surface area contributed by atoms with Gasteiger partial charge in [-0.15, -0.1) is 0 Å². The van der Waals surface area contributed by atoms with E-state index in [-0.39, 0.29) is 27.2 Å². The molecule has 1 N–H and O–H groups in total. The fourth-order valence-corrected chi connectivity index (χ4v) is 5.02. The second-order valence-corrected chi connectivity index (χ2v) is 8.82. The first-order chi connectivity index (χ1) is 14.5. The maximum Gasteiger partial charge on any atom is 0.258 e. The average molecular weight is 437 g/mol. The molecule has 7 nitrogen and oxygen atoms in total. The van der Waals surface area contributed by atoms with E-state index in [1.165, 1.54) is 0 Å². The number of H-pyrrole nitrogens is 1. The molecule has 148 valence electrons. The van der Waals surface area contributed by atoms with Crippen LogP contribution in [0.4, 0.5) is 0 Å². The molecule has 0 fully saturated rings. The molecule has 0 saturated carbocycles. The van der Waals surface area contributed by atoms with E-state index in [2.05, 4.69) is 20.1 Å². The van der Waals surface area contributed by atoms with Crippen molar-refractivity contribution in [2.24, 2.45) is 0 Å². The molecule has 0 radical (unpaired) electrons. The molecule has 30 heavy (non-hydrogen) atoms. The first-order valence-corrected chi connectivity index (χ1v) is 10.8. The maximum atomic E-state index is 13.5. The Morgan fingerprint density at radius 3 is 2.50 bits per heavy atom. The molecule has 3 heterocycles. The van der Waals surface area contributed by atoms with Gasteiger partial charge in [0.2, 0.25) is 15.7 Å². The van der Waals surface area contributed by atoms with Crippen LogP contribution in [0.2, 0.25) is 5.02 Å². The van der Waals surface area contributed by atoms with Crippen molar-refractivity contribution in [2.75, 3.05) is 0 Å². The van der Waals surface area contributed by atoms with E-state index in [0.29, 0.717) is 21.5 Å². The van der Waals surface area contributed by atoms with Crippen LogP contribution >= 0.6 is 11.6 Å². The van der Waals surface area contributed by atoms with Crippen LogP contribution in [0.15, 0.2) is 87.4 Å². The zero-order chi connectivity index (χ0) is 20.7. The average Bonchev–Trinajstić information content (AvgIpc) is 3.40. The van der Waals surface area contributed by atoms with Crippen molar-refractivity contribution < 1.29 is 12.9 Å². The highest BCUT2D eigenvalue weighted by Gasteiger charge is 2.29. The third kappa shape index (κ3) is 3.06. The zero-order valence-electron chi connectivity index (χ0n) is 15.3. The van der Waals surface area contributed by atoms with Crippen LogP contribution in [0.5, 0.6) is 0 Å². The van der Waals surface area contributed by atoms with E-state index in [9.17, 15) is 8.42 Å². The van der Waals surface area contributed by atoms with Crippen molar-refractivity contribution in [3.8, 4) is 23.0 Å². The minimum absolute atomic E-state index is 0.0493. The van der Waals surface area contributed by atoms with Gasteiger partial charge in [-0.1, -0.05) is 35.0 Å². The van der Waals surface area contributed by atoms with Gasteiger partial charge in [0.15, 0.2) is 0 Å². The molecular weight excluding hydrogens is 424 g/mol. The molecule has 0 aliphatic carbocycles. The number of pyridine rings is 1. The van der Waals surface area contributed by atoms with Crippen molar-refractivity contribution in [1.82, 2.24) is 20.1 Å². The Morgan fingerprint density at radius 2 is 1.73 bits per heavy atom. The molecule has 0 atom stereocenters. The fourth-order valence-electron chi connectivity index (χ4n) is 3.23. The van der Waals surface area contributed by atoms with E-state index < -0.39 is 9.84 Å². The van der Waals surface area contributed by atoms with Crippen molar-refractivity contribution in [3.63, 3.8) is 0 Å². The van der Waals surface area contributed by atoms with Crippen LogP contribution in [0.3, 0.4) is 0 Å². The van der Waals surface area contributed by atoms with Gasteiger partial charge in [-0.3, -0.25) is 4.98 Å². The summed E-state index contributed by atoms with van der Waals surface area (Å²) < 4.78 is 32.4. The third-order valence-corrected chi connectivity index (χ3v) is 6.70. The molecular formula is C21H13ClN4O3S. The molecule has 3 aromatic heterocycles. The Bertz CT molecular complexity index is 1460. The van der Waals surface area contributed by atoms with E-state index in [4.69, 9.17) is 16.1 Å². The van der Waals surface area contributed by atoms with Crippen LogP contribution in [0.1, 0.15) is 0 Å². The van der Waals surface area contributed by atoms with E-state index in [0.717, 1.165) is 0 Å². The first kappa shape index (κ1) is 18.5. The molecule has 5 aromatic rings. The highest BCUT2D eigenvalue weighted by molar-refractivity contribution is 7.91. The number of halogens is 1. The largest absolute Gasteiger partial charge is 0.351 e. The van der Waals surface area contributed by atoms with Gasteiger partial charge < -0.3 is 9.51 Å². The molecule has 2 aromatic carbocycles. The maximum absolute atomic E-state index is 13.5. The number of sulfone groups is 1. The van der Waals surface area contributed by atoms with Crippen molar-refractivity contribution in [1.29, 1.82) is 0 Å². The lowest BCUT2D eigenvalue weighted by Gasteiger charge is -2.05. The first-order valence-electron chi connectivity index (χ1n) is 8.90. The van der Waals surface area contributed by atoms with E-state index in [1.807, 2.05) is 0 Å². The predicted molar refractivity (Wildman–Crippen MR) is 112 cm³/mol. The second-order valence-electron chi connectivity index (χ2n) is 6.49. The van der Waals surface area contributed by atoms with Gasteiger partial charge >= 0.3 is 0 Å². The smallest absolute Gasteiger partial charge is 0.258 e. The molecule has 0 bridgehead atoms. The van der Waals surface area contributed by atoms with Gasteiger partial charge in [0.05, 0.1) is 4.90 Å². The zero-order valence-corrected chi connectivity index (χ0v) is 16.9. The van der Waals surface area contributed by atoms with Crippen LogP contribution in [-0.2, 0) is 9.84 Å². The van der Waals surface area contributed by atoms with Gasteiger partial charge in [0, 0.05) is 33.9 Å². The fraction of sp³-hybridized carbons (Fsp3) is 0. The molecule has 0 amide bonds. The third-order valence-electron chi connectivity index (χ3n) is 4.61. The number of benzene rings is 2. The summed E-state index contributed by atoms with van der Waals surface area (Å²) in [5, 5.41) is 4.89. The van der Waals surface area contributed by atoms with Crippen molar-refractivity contribution in [3.05, 3.63) is 78.1 Å². The minimum atomic E-state index is -3.89. The van der Waals surface area contributed by atoms with Crippen LogP contribution in [0, 0.1) is 0 Å². The van der Waals surface area contributed by atoms with Gasteiger partial charge in [0.25, 0.3) is 5.89 Å². The molecule has 0 unspecified atom stereocenters. The Kier molecular flexibility index (Phi) is 4.38. The molecule has 0 aliphatic heterocycles. The van der Waals surface area contributed by atoms with Gasteiger partial charge in [-0.25, -0.2) is 8.42 Å². The molecule has 0 saturated heterocycles. The number of nitrogens with zero attached hydrogens (tertiary/aromatic N) is 3. The summed E-state index contributed by atoms with van der Waals surface area (Å²) in [7, 11) is -3.89. The lowest BCUT2D eigenvalue weighted by Crippen LogP contribution is -2.03. The summed E-state index contributed by atoms with van der Waals surface area (Å²) in [6.07, 6.45) is 3.21. The highest BCUT2D eigenvalue weighted by atomic mass is 35.5. The summed E-state index contributed by atoms with van der Waals surface area (Å²) >= 11 is 6.16. The van der Waals surface area contributed by atoms with E-state index >= 15 is 0 Å². The second kappa shape index (κ2) is 7.08. The summed E-state index contributed by atoms with van der Waals surface area (Å²) in [4.78, 5) is 11.7. The Labute approximate surface area is 176 Å². The highest BCUT2D eigenvalue weighted by Crippen LogP contribution is 2.37. The van der Waals surface area contributed by atoms with Gasteiger partial charge in [0.1, 0.15) is 10.6 Å². The van der Waals surface area contributed by atoms with Crippen LogP contribution in [-0.4, -0.2) is 28.5 Å². The summed E-state index contributed by atoms with van der Waals surface area (Å²) in [6, 6.07) is 16.6. The Balaban J connectivity index is 1.76. The number of rotatable bonds is 4. The lowest BCUT2D eigenvalue weighted by atomic mass is 10.2. The normalized spacial score (nSPS) is 11.8. The van der Waals surface area contributed by atoms with E-state index in [1.54, 1.807) is 73.1 Å². The SMILES string of the molecule is O=S(=O)(c1ccccc1)c1c(-c2noc(-c3ccncc3)n2)[nH]c2ccc(Cl)cc12. The number of hydrogen-bond acceptors (Lipinski definition) is 6. The lowest BCUT2D eigenvalue weighted by molar-refractivity contribution is 0.432. The Morgan fingerprint density at radius 1 is 0.967 bits per heavy atom. The summed E-state index contributed by atoms with van der Waals surface area (Å²) in [6.45, 7) is 0. The van der Waals surface area contributed by atoms with Crippen LogP contribution in [0.25, 0.3) is 33.9 Å². The molecule has 0 aliphatic rings. The standard InChI is InChI=1S/C21H13ClN4O3S/c22-14-6-7-17-16(12-14)19(30(27,28)15-4-2-1-3-5-15)18(24-17)20-25-21(29-26-20)13-8-10-23-11-9-13/h1-12,24H. The topological polar surface area (TPSA) is 102 Å². The number of aromatic nitrogens is 4. The van der Waals surface area contributed by atoms with Crippen molar-refractivity contribution in [2.45, 2.75) is 9.79 Å². The monoisotopic (exact) mass is 436 g/mol. The quantitative estimate of drug-likeness (QED) is 0.435. The molecule has 0 spiro atoms. The number of hydrogen-bond donors (Lipinski definition) is 1. The van der Waals surface area contributed by atoms with Crippen LogP contribution < -0.4 is 0 Å². The number of fused-ring (bicyclic) bond motifs is 1. The minimum Gasteiger partial charge on any atom is -0.351 e. The summed E-state index contributed by atoms with van der Waals surface area (Å²) in [5.74, 6) is 0.385. The Hall–Kier alpha value is -3.49. The molecule has 9 heteroatoms. The number of aromatic amines is 1. The van der Waals surface area contributed by atoms with Gasteiger partial charge in [-0.05, 0) is 42.5 Å². The van der Waals surface area contributed by atoms with Crippen molar-refractivity contribution >= 4 is 32.3 Å². The predicted octanol–water partition coefficient (Wildman–Crippen LogP) is 4.77.